The molecule has 1 aliphatic carbocycles. The Morgan fingerprint density at radius 3 is 2.53 bits per heavy atom. The van der Waals surface area contributed by atoms with Crippen LogP contribution in [0.2, 0.25) is 0 Å². The fourth-order valence-corrected chi connectivity index (χ4v) is 4.06. The quantitative estimate of drug-likeness (QED) is 0.461. The molecule has 30 heavy (non-hydrogen) atoms. The Kier molecular flexibility index (Phi) is 7.37. The third-order valence-electron chi connectivity index (χ3n) is 5.28. The van der Waals surface area contributed by atoms with Crippen molar-refractivity contribution in [1.29, 1.82) is 0 Å². The molecule has 1 amide bonds. The molecule has 160 valence electrons. The van der Waals surface area contributed by atoms with Crippen LogP contribution in [0.3, 0.4) is 0 Å². The molecule has 0 saturated heterocycles. The van der Waals surface area contributed by atoms with Crippen LogP contribution in [0.25, 0.3) is 0 Å². The van der Waals surface area contributed by atoms with E-state index in [0.29, 0.717) is 29.3 Å². The van der Waals surface area contributed by atoms with E-state index in [9.17, 15) is 14.4 Å². The van der Waals surface area contributed by atoms with Crippen molar-refractivity contribution < 1.29 is 19.1 Å². The van der Waals surface area contributed by atoms with Crippen LogP contribution in [0.4, 0.5) is 0 Å². The summed E-state index contributed by atoms with van der Waals surface area (Å²) < 4.78 is 7.50. The Morgan fingerprint density at radius 1 is 1.20 bits per heavy atom. The number of carbonyl (C=O) groups is 3. The van der Waals surface area contributed by atoms with E-state index >= 15 is 0 Å². The Bertz CT molecular complexity index is 919. The molecule has 1 aromatic heterocycles. The zero-order chi connectivity index (χ0) is 21.7. The second kappa shape index (κ2) is 9.98. The van der Waals surface area contributed by atoms with Crippen molar-refractivity contribution in [1.82, 2.24) is 9.88 Å². The van der Waals surface area contributed by atoms with Gasteiger partial charge in [0.15, 0.2) is 6.61 Å². The van der Waals surface area contributed by atoms with E-state index in [2.05, 4.69) is 9.88 Å². The molecule has 1 fully saturated rings. The summed E-state index contributed by atoms with van der Waals surface area (Å²) in [5, 5.41) is 2.74. The molecule has 2 aromatic rings. The highest BCUT2D eigenvalue weighted by Crippen LogP contribution is 2.38. The lowest BCUT2D eigenvalue weighted by Gasteiger charge is -2.17. The molecule has 0 radical (unpaired) electrons. The Balaban J connectivity index is 1.62. The van der Waals surface area contributed by atoms with Crippen molar-refractivity contribution in [3.05, 3.63) is 58.9 Å². The lowest BCUT2D eigenvalue weighted by molar-refractivity contribution is -0.144. The third-order valence-corrected chi connectivity index (χ3v) is 5.92. The molecule has 7 heteroatoms. The number of hydrogen-bond acceptors (Lipinski definition) is 5. The maximum atomic E-state index is 12.7. The fourth-order valence-electron chi connectivity index (χ4n) is 3.58. The minimum atomic E-state index is -0.795. The van der Waals surface area contributed by atoms with Crippen molar-refractivity contribution >= 4 is 29.4 Å². The summed E-state index contributed by atoms with van der Waals surface area (Å²) >= 11 is 1.58. The van der Waals surface area contributed by atoms with Crippen molar-refractivity contribution in [3.8, 4) is 0 Å². The molecule has 1 aliphatic rings. The van der Waals surface area contributed by atoms with E-state index in [4.69, 9.17) is 4.74 Å². The van der Waals surface area contributed by atoms with Crippen molar-refractivity contribution in [2.45, 2.75) is 45.2 Å². The molecule has 3 rings (SSSR count). The summed E-state index contributed by atoms with van der Waals surface area (Å²) in [4.78, 5) is 37.7. The molecule has 1 aromatic carbocycles. The Morgan fingerprint density at radius 2 is 1.90 bits per heavy atom. The van der Waals surface area contributed by atoms with Crippen LogP contribution < -0.4 is 5.32 Å². The van der Waals surface area contributed by atoms with Gasteiger partial charge < -0.3 is 14.6 Å². The van der Waals surface area contributed by atoms with Crippen LogP contribution in [0, 0.1) is 13.8 Å². The normalized spacial score (nSPS) is 14.2. The monoisotopic (exact) mass is 428 g/mol. The molecule has 1 atom stereocenters. The summed E-state index contributed by atoms with van der Waals surface area (Å²) in [5.41, 5.74) is 3.05. The van der Waals surface area contributed by atoms with Gasteiger partial charge in [-0.1, -0.05) is 18.2 Å². The van der Waals surface area contributed by atoms with Crippen LogP contribution >= 0.6 is 11.8 Å². The van der Waals surface area contributed by atoms with E-state index in [1.165, 1.54) is 0 Å². The average molecular weight is 429 g/mol. The molecule has 1 saturated carbocycles. The lowest BCUT2D eigenvalue weighted by atomic mass is 10.1. The highest BCUT2D eigenvalue weighted by atomic mass is 32.2. The second-order valence-corrected chi connectivity index (χ2v) is 8.58. The van der Waals surface area contributed by atoms with Crippen molar-refractivity contribution in [2.24, 2.45) is 0 Å². The third kappa shape index (κ3) is 5.33. The van der Waals surface area contributed by atoms with Gasteiger partial charge in [0, 0.05) is 28.6 Å². The van der Waals surface area contributed by atoms with Crippen LogP contribution in [0.15, 0.2) is 36.4 Å². The number of thioether (sulfide) groups is 1. The highest BCUT2D eigenvalue weighted by Gasteiger charge is 2.29. The largest absolute Gasteiger partial charge is 0.456 e. The predicted molar refractivity (Wildman–Crippen MR) is 118 cm³/mol. The van der Waals surface area contributed by atoms with Crippen molar-refractivity contribution in [2.75, 3.05) is 18.6 Å². The smallest absolute Gasteiger partial charge is 0.329 e. The predicted octanol–water partition coefficient (Wildman–Crippen LogP) is 3.72. The number of esters is 1. The van der Waals surface area contributed by atoms with E-state index in [-0.39, 0.29) is 18.3 Å². The number of benzene rings is 1. The SMILES string of the molecule is CSCCC(NC(=O)c1ccccc1)C(=O)OCC(=O)c1cc(C)n(C2CC2)c1C. The first kappa shape index (κ1) is 22.2. The number of nitrogens with one attached hydrogen (secondary N) is 1. The number of nitrogens with zero attached hydrogens (tertiary/aromatic N) is 1. The Hall–Kier alpha value is -2.54. The van der Waals surface area contributed by atoms with Gasteiger partial charge in [-0.3, -0.25) is 9.59 Å². The topological polar surface area (TPSA) is 77.4 Å². The first-order valence-electron chi connectivity index (χ1n) is 10.2. The molecule has 6 nitrogen and oxygen atoms in total. The van der Waals surface area contributed by atoms with E-state index < -0.39 is 12.0 Å². The maximum absolute atomic E-state index is 12.7. The lowest BCUT2D eigenvalue weighted by Crippen LogP contribution is -2.42. The molecule has 1 N–H and O–H groups in total. The molecule has 0 aliphatic heterocycles. The minimum absolute atomic E-state index is 0.221. The second-order valence-electron chi connectivity index (χ2n) is 7.59. The van der Waals surface area contributed by atoms with Crippen LogP contribution in [0.5, 0.6) is 0 Å². The highest BCUT2D eigenvalue weighted by molar-refractivity contribution is 7.98. The van der Waals surface area contributed by atoms with Gasteiger partial charge >= 0.3 is 5.97 Å². The first-order valence-corrected chi connectivity index (χ1v) is 11.5. The summed E-state index contributed by atoms with van der Waals surface area (Å²) in [5.74, 6) is -0.456. The van der Waals surface area contributed by atoms with Gasteiger partial charge in [0.1, 0.15) is 6.04 Å². The standard InChI is InChI=1S/C23H28N2O4S/c1-15-13-19(16(2)25(15)18-9-10-18)21(26)14-29-23(28)20(11-12-30-3)24-22(27)17-7-5-4-6-8-17/h4-8,13,18,20H,9-12,14H2,1-3H3,(H,24,27). The number of carbonyl (C=O) groups excluding carboxylic acids is 3. The number of ether oxygens (including phenoxy) is 1. The van der Waals surface area contributed by atoms with Gasteiger partial charge in [0.05, 0.1) is 0 Å². The number of aromatic nitrogens is 1. The zero-order valence-corrected chi connectivity index (χ0v) is 18.5. The van der Waals surface area contributed by atoms with Crippen LogP contribution in [-0.2, 0) is 9.53 Å². The van der Waals surface area contributed by atoms with Gasteiger partial charge in [0.25, 0.3) is 5.91 Å². The fraction of sp³-hybridized carbons (Fsp3) is 0.435. The molecular weight excluding hydrogens is 400 g/mol. The van der Waals surface area contributed by atoms with Gasteiger partial charge in [-0.2, -0.15) is 11.8 Å². The summed E-state index contributed by atoms with van der Waals surface area (Å²) in [6.07, 6.45) is 4.64. The summed E-state index contributed by atoms with van der Waals surface area (Å²) in [6.45, 7) is 3.60. The molecule has 0 bridgehead atoms. The number of ketones is 1. The number of hydrogen-bond donors (Lipinski definition) is 1. The van der Waals surface area contributed by atoms with E-state index in [1.54, 1.807) is 36.0 Å². The van der Waals surface area contributed by atoms with E-state index in [0.717, 1.165) is 24.2 Å². The van der Waals surface area contributed by atoms with Crippen LogP contribution in [-0.4, -0.2) is 46.9 Å². The zero-order valence-electron chi connectivity index (χ0n) is 17.6. The maximum Gasteiger partial charge on any atom is 0.329 e. The summed E-state index contributed by atoms with van der Waals surface area (Å²) in [6, 6.07) is 10.3. The van der Waals surface area contributed by atoms with Gasteiger partial charge in [-0.15, -0.1) is 0 Å². The van der Waals surface area contributed by atoms with E-state index in [1.807, 2.05) is 32.2 Å². The van der Waals surface area contributed by atoms with Gasteiger partial charge in [-0.25, -0.2) is 4.79 Å². The van der Waals surface area contributed by atoms with Crippen molar-refractivity contribution in [3.63, 3.8) is 0 Å². The molecule has 1 unspecified atom stereocenters. The van der Waals surface area contributed by atoms with Gasteiger partial charge in [-0.05, 0) is 63.3 Å². The summed E-state index contributed by atoms with van der Waals surface area (Å²) in [7, 11) is 0. The number of aryl methyl sites for hydroxylation is 1. The first-order chi connectivity index (χ1) is 14.4. The molecular formula is C23H28N2O4S. The Labute approximate surface area is 181 Å². The number of rotatable bonds is 10. The van der Waals surface area contributed by atoms with Gasteiger partial charge in [0.2, 0.25) is 5.78 Å². The minimum Gasteiger partial charge on any atom is -0.456 e. The van der Waals surface area contributed by atoms with Crippen LogP contribution in [0.1, 0.15) is 57.4 Å². The molecule has 0 spiro atoms. The number of Topliss-reactive ketones (excluding diaryl/α,β-unsaturated/α-hetero) is 1. The average Bonchev–Trinajstić information content (AvgIpc) is 3.53. The molecule has 1 heterocycles. The number of amides is 1.